The number of esters is 1. The number of hydrogen-bond donors (Lipinski definition) is 0. The number of methoxy groups -OCH3 is 1. The van der Waals surface area contributed by atoms with Gasteiger partial charge in [-0.3, -0.25) is 9.59 Å². The Morgan fingerprint density at radius 3 is 2.32 bits per heavy atom. The highest BCUT2D eigenvalue weighted by atomic mass is 32.2. The Morgan fingerprint density at radius 2 is 1.72 bits per heavy atom. The smallest absolute Gasteiger partial charge is 0.306 e. The first-order chi connectivity index (χ1) is 11.8. The van der Waals surface area contributed by atoms with Crippen molar-refractivity contribution in [3.05, 3.63) is 35.4 Å². The molecule has 1 amide bonds. The van der Waals surface area contributed by atoms with Gasteiger partial charge in [0, 0.05) is 32.6 Å². The molecular weight excluding hydrogens is 344 g/mol. The molecule has 7 nitrogen and oxygen atoms in total. The summed E-state index contributed by atoms with van der Waals surface area (Å²) in [5.74, 6) is -0.607. The molecule has 2 rings (SSSR count). The highest BCUT2D eigenvalue weighted by molar-refractivity contribution is 7.88. The van der Waals surface area contributed by atoms with Crippen molar-refractivity contribution in [2.75, 3.05) is 33.3 Å². The van der Waals surface area contributed by atoms with Gasteiger partial charge in [-0.2, -0.15) is 4.31 Å². The lowest BCUT2D eigenvalue weighted by molar-refractivity contribution is -0.143. The van der Waals surface area contributed by atoms with Gasteiger partial charge in [0.25, 0.3) is 0 Å². The van der Waals surface area contributed by atoms with E-state index in [2.05, 4.69) is 4.74 Å². The van der Waals surface area contributed by atoms with Gasteiger partial charge in [-0.15, -0.1) is 0 Å². The van der Waals surface area contributed by atoms with Crippen LogP contribution in [0.1, 0.15) is 24.0 Å². The van der Waals surface area contributed by atoms with E-state index >= 15 is 0 Å². The molecule has 8 heteroatoms. The number of aryl methyl sites for hydroxylation is 1. The van der Waals surface area contributed by atoms with E-state index < -0.39 is 16.0 Å². The molecule has 0 atom stereocenters. The van der Waals surface area contributed by atoms with Crippen molar-refractivity contribution in [2.24, 2.45) is 0 Å². The zero-order valence-electron chi connectivity index (χ0n) is 14.6. The van der Waals surface area contributed by atoms with Crippen molar-refractivity contribution in [3.63, 3.8) is 0 Å². The predicted molar refractivity (Wildman–Crippen MR) is 93.2 cm³/mol. The quantitative estimate of drug-likeness (QED) is 0.697. The summed E-state index contributed by atoms with van der Waals surface area (Å²) in [5.41, 5.74) is 1.74. The van der Waals surface area contributed by atoms with Gasteiger partial charge >= 0.3 is 5.97 Å². The minimum absolute atomic E-state index is 0.0318. The lowest BCUT2D eigenvalue weighted by Crippen LogP contribution is -2.50. The number of amides is 1. The molecule has 0 saturated carbocycles. The molecule has 1 aromatic rings. The summed E-state index contributed by atoms with van der Waals surface area (Å²) < 4.78 is 31.2. The number of sulfonamides is 1. The van der Waals surface area contributed by atoms with Gasteiger partial charge in [-0.05, 0) is 18.1 Å². The normalized spacial score (nSPS) is 15.8. The largest absolute Gasteiger partial charge is 0.469 e. The third-order valence-corrected chi connectivity index (χ3v) is 6.18. The van der Waals surface area contributed by atoms with Crippen LogP contribution in [-0.4, -0.2) is 62.8 Å². The maximum atomic E-state index is 12.6. The molecule has 138 valence electrons. The Hall–Kier alpha value is -1.93. The van der Waals surface area contributed by atoms with Gasteiger partial charge in [0.2, 0.25) is 15.9 Å². The molecule has 1 aromatic carbocycles. The molecule has 25 heavy (non-hydrogen) atoms. The Morgan fingerprint density at radius 1 is 1.08 bits per heavy atom. The van der Waals surface area contributed by atoms with Crippen LogP contribution < -0.4 is 0 Å². The van der Waals surface area contributed by atoms with Gasteiger partial charge in [0.1, 0.15) is 0 Å². The van der Waals surface area contributed by atoms with Crippen LogP contribution in [0.3, 0.4) is 0 Å². The third kappa shape index (κ3) is 5.27. The summed E-state index contributed by atoms with van der Waals surface area (Å²) >= 11 is 0. The number of ether oxygens (including phenoxy) is 1. The molecule has 0 aliphatic carbocycles. The summed E-state index contributed by atoms with van der Waals surface area (Å²) in [4.78, 5) is 24.8. The van der Waals surface area contributed by atoms with Crippen LogP contribution in [0.2, 0.25) is 0 Å². The Labute approximate surface area is 148 Å². The minimum Gasteiger partial charge on any atom is -0.469 e. The summed E-state index contributed by atoms with van der Waals surface area (Å²) in [6.45, 7) is 3.12. The highest BCUT2D eigenvalue weighted by Crippen LogP contribution is 2.17. The van der Waals surface area contributed by atoms with Gasteiger partial charge < -0.3 is 9.64 Å². The molecule has 0 unspecified atom stereocenters. The summed E-state index contributed by atoms with van der Waals surface area (Å²) in [6, 6.07) is 7.42. The van der Waals surface area contributed by atoms with E-state index in [9.17, 15) is 18.0 Å². The number of carbonyl (C=O) groups excluding carboxylic acids is 2. The first-order valence-corrected chi connectivity index (χ1v) is 9.81. The second kappa shape index (κ2) is 8.44. The maximum Gasteiger partial charge on any atom is 0.306 e. The predicted octanol–water partition coefficient (Wildman–Crippen LogP) is 0.922. The van der Waals surface area contributed by atoms with Crippen LogP contribution in [0.4, 0.5) is 0 Å². The van der Waals surface area contributed by atoms with E-state index in [4.69, 9.17) is 0 Å². The maximum absolute atomic E-state index is 12.6. The molecule has 1 fully saturated rings. The Bertz CT molecular complexity index is 724. The van der Waals surface area contributed by atoms with E-state index in [0.29, 0.717) is 13.1 Å². The number of hydrogen-bond acceptors (Lipinski definition) is 5. The molecule has 0 spiro atoms. The summed E-state index contributed by atoms with van der Waals surface area (Å²) in [7, 11) is -2.13. The van der Waals surface area contributed by atoms with E-state index in [-0.39, 0.29) is 37.6 Å². The van der Waals surface area contributed by atoms with E-state index in [1.165, 1.54) is 11.4 Å². The average Bonchev–Trinajstić information content (AvgIpc) is 2.61. The molecule has 0 radical (unpaired) electrons. The summed E-state index contributed by atoms with van der Waals surface area (Å²) in [6.07, 6.45) is 0.129. The molecule has 0 aromatic heterocycles. The van der Waals surface area contributed by atoms with Crippen molar-refractivity contribution in [3.8, 4) is 0 Å². The van der Waals surface area contributed by atoms with Crippen molar-refractivity contribution >= 4 is 21.9 Å². The third-order valence-electron chi connectivity index (χ3n) is 4.35. The van der Waals surface area contributed by atoms with Gasteiger partial charge in [0.15, 0.2) is 0 Å². The number of piperazine rings is 1. The molecular formula is C17H24N2O5S. The van der Waals surface area contributed by atoms with Crippen LogP contribution in [0.5, 0.6) is 0 Å². The van der Waals surface area contributed by atoms with Crippen LogP contribution in [0.25, 0.3) is 0 Å². The standard InChI is InChI=1S/C17H24N2O5S/c1-14-5-3-4-6-15(14)13-25(22,23)19-11-9-18(10-12-19)16(20)7-8-17(21)24-2/h3-6H,7-13H2,1-2H3. The number of carbonyl (C=O) groups is 2. The molecule has 1 aliphatic rings. The number of nitrogens with zero attached hydrogens (tertiary/aromatic N) is 2. The molecule has 0 N–H and O–H groups in total. The second-order valence-corrected chi connectivity index (χ2v) is 8.01. The molecule has 1 aliphatic heterocycles. The first kappa shape index (κ1) is 19.4. The fourth-order valence-electron chi connectivity index (χ4n) is 2.74. The topological polar surface area (TPSA) is 84.0 Å². The fraction of sp³-hybridized carbons (Fsp3) is 0.529. The molecule has 0 bridgehead atoms. The molecule has 1 heterocycles. The summed E-state index contributed by atoms with van der Waals surface area (Å²) in [5, 5.41) is 0. The van der Waals surface area contributed by atoms with Crippen molar-refractivity contribution < 1.29 is 22.7 Å². The van der Waals surface area contributed by atoms with Crippen LogP contribution in [0.15, 0.2) is 24.3 Å². The first-order valence-electron chi connectivity index (χ1n) is 8.20. The van der Waals surface area contributed by atoms with E-state index in [1.54, 1.807) is 4.90 Å². The monoisotopic (exact) mass is 368 g/mol. The number of rotatable bonds is 6. The fourth-order valence-corrected chi connectivity index (χ4v) is 4.36. The van der Waals surface area contributed by atoms with Crippen molar-refractivity contribution in [1.82, 2.24) is 9.21 Å². The lowest BCUT2D eigenvalue weighted by Gasteiger charge is -2.34. The Balaban J connectivity index is 1.89. The lowest BCUT2D eigenvalue weighted by atomic mass is 10.1. The second-order valence-electron chi connectivity index (χ2n) is 6.04. The van der Waals surface area contributed by atoms with Gasteiger partial charge in [-0.25, -0.2) is 8.42 Å². The van der Waals surface area contributed by atoms with E-state index in [0.717, 1.165) is 11.1 Å². The van der Waals surface area contributed by atoms with Crippen LogP contribution in [0, 0.1) is 6.92 Å². The van der Waals surface area contributed by atoms with Crippen molar-refractivity contribution in [2.45, 2.75) is 25.5 Å². The highest BCUT2D eigenvalue weighted by Gasteiger charge is 2.29. The van der Waals surface area contributed by atoms with Crippen LogP contribution in [-0.2, 0) is 30.1 Å². The van der Waals surface area contributed by atoms with Gasteiger partial charge in [-0.1, -0.05) is 24.3 Å². The number of benzene rings is 1. The van der Waals surface area contributed by atoms with Crippen molar-refractivity contribution in [1.29, 1.82) is 0 Å². The SMILES string of the molecule is COC(=O)CCC(=O)N1CCN(S(=O)(=O)Cc2ccccc2C)CC1. The van der Waals surface area contributed by atoms with E-state index in [1.807, 2.05) is 31.2 Å². The minimum atomic E-state index is -3.42. The Kier molecular flexibility index (Phi) is 6.55. The van der Waals surface area contributed by atoms with Gasteiger partial charge in [0.05, 0.1) is 19.3 Å². The zero-order valence-corrected chi connectivity index (χ0v) is 15.4. The molecule has 1 saturated heterocycles. The average molecular weight is 368 g/mol. The van der Waals surface area contributed by atoms with Crippen LogP contribution >= 0.6 is 0 Å². The zero-order chi connectivity index (χ0) is 18.4.